The van der Waals surface area contributed by atoms with Crippen molar-refractivity contribution in [1.82, 2.24) is 0 Å². The Bertz CT molecular complexity index is 1620. The Labute approximate surface area is 172 Å². The first-order valence-electron chi connectivity index (χ1n) is 10.1. The standard InChI is InChI=1S/C28H16O2/c1-3-11-23-20(8-1)22-16-18(15-17-7-5-13-25(29-23)27(17)22)19-10-6-14-26-28(19)21-9-2-4-12-24(21)30-26/h1-16H. The van der Waals surface area contributed by atoms with E-state index >= 15 is 0 Å². The monoisotopic (exact) mass is 384 g/mol. The molecule has 2 nitrogen and oxygen atoms in total. The molecule has 2 heterocycles. The van der Waals surface area contributed by atoms with E-state index in [1.165, 1.54) is 27.5 Å². The zero-order valence-corrected chi connectivity index (χ0v) is 16.1. The van der Waals surface area contributed by atoms with Crippen LogP contribution in [0.3, 0.4) is 0 Å². The normalized spacial score (nSPS) is 12.3. The molecule has 0 fully saturated rings. The number of hydrogen-bond donors (Lipinski definition) is 0. The van der Waals surface area contributed by atoms with Crippen LogP contribution < -0.4 is 4.74 Å². The van der Waals surface area contributed by atoms with E-state index in [1.807, 2.05) is 36.4 Å². The lowest BCUT2D eigenvalue weighted by atomic mass is 9.89. The SMILES string of the molecule is c1ccc2c(c1)Oc1cccc3cc(-c4cccc5oc6ccccc6c45)cc-2c13. The molecule has 0 saturated heterocycles. The second kappa shape index (κ2) is 5.74. The fraction of sp³-hybridized carbons (Fsp3) is 0. The van der Waals surface area contributed by atoms with Crippen LogP contribution in [-0.4, -0.2) is 0 Å². The van der Waals surface area contributed by atoms with Crippen molar-refractivity contribution < 1.29 is 9.15 Å². The average Bonchev–Trinajstić information content (AvgIpc) is 3.18. The van der Waals surface area contributed by atoms with Gasteiger partial charge in [-0.1, -0.05) is 60.7 Å². The second-order valence-corrected chi connectivity index (χ2v) is 7.75. The topological polar surface area (TPSA) is 22.4 Å². The van der Waals surface area contributed by atoms with Crippen LogP contribution in [0.25, 0.3) is 55.0 Å². The van der Waals surface area contributed by atoms with E-state index < -0.39 is 0 Å². The minimum Gasteiger partial charge on any atom is -0.456 e. The molecule has 1 aromatic heterocycles. The summed E-state index contributed by atoms with van der Waals surface area (Å²) in [7, 11) is 0. The van der Waals surface area contributed by atoms with Gasteiger partial charge in [0.05, 0.1) is 0 Å². The van der Waals surface area contributed by atoms with Crippen LogP contribution in [0.5, 0.6) is 11.5 Å². The van der Waals surface area contributed by atoms with Gasteiger partial charge in [-0.2, -0.15) is 0 Å². The summed E-state index contributed by atoms with van der Waals surface area (Å²) in [6, 6.07) is 33.6. The number of ether oxygens (including phenoxy) is 1. The molecule has 0 unspecified atom stereocenters. The third kappa shape index (κ3) is 2.08. The van der Waals surface area contributed by atoms with Crippen LogP contribution in [0.4, 0.5) is 0 Å². The predicted molar refractivity (Wildman–Crippen MR) is 122 cm³/mol. The summed E-state index contributed by atoms with van der Waals surface area (Å²) in [4.78, 5) is 0. The molecule has 30 heavy (non-hydrogen) atoms. The maximum absolute atomic E-state index is 6.20. The van der Waals surface area contributed by atoms with Crippen LogP contribution in [0, 0.1) is 0 Å². The summed E-state index contributed by atoms with van der Waals surface area (Å²) in [5.74, 6) is 1.82. The summed E-state index contributed by atoms with van der Waals surface area (Å²) >= 11 is 0. The Hall–Kier alpha value is -4.04. The number of benzene rings is 5. The lowest BCUT2D eigenvalue weighted by molar-refractivity contribution is 0.487. The molecule has 140 valence electrons. The zero-order chi connectivity index (χ0) is 19.7. The molecule has 6 aromatic rings. The summed E-state index contributed by atoms with van der Waals surface area (Å²) in [5.41, 5.74) is 6.55. The Kier molecular flexibility index (Phi) is 3.03. The third-order valence-electron chi connectivity index (χ3n) is 6.05. The van der Waals surface area contributed by atoms with Crippen molar-refractivity contribution in [2.24, 2.45) is 0 Å². The van der Waals surface area contributed by atoms with E-state index in [9.17, 15) is 0 Å². The van der Waals surface area contributed by atoms with Gasteiger partial charge in [-0.3, -0.25) is 0 Å². The van der Waals surface area contributed by atoms with E-state index in [0.29, 0.717) is 0 Å². The van der Waals surface area contributed by atoms with Gasteiger partial charge in [0.15, 0.2) is 0 Å². The van der Waals surface area contributed by atoms with Crippen molar-refractivity contribution in [1.29, 1.82) is 0 Å². The van der Waals surface area contributed by atoms with Gasteiger partial charge < -0.3 is 9.15 Å². The first-order chi connectivity index (χ1) is 14.9. The van der Waals surface area contributed by atoms with E-state index in [2.05, 4.69) is 60.7 Å². The fourth-order valence-corrected chi connectivity index (χ4v) is 4.76. The van der Waals surface area contributed by atoms with E-state index in [4.69, 9.17) is 9.15 Å². The molecule has 1 aliphatic heterocycles. The quantitative estimate of drug-likeness (QED) is 0.285. The van der Waals surface area contributed by atoms with Crippen molar-refractivity contribution in [3.63, 3.8) is 0 Å². The molecule has 0 aliphatic carbocycles. The molecule has 0 saturated carbocycles. The van der Waals surface area contributed by atoms with Gasteiger partial charge in [0, 0.05) is 21.7 Å². The van der Waals surface area contributed by atoms with Gasteiger partial charge in [-0.25, -0.2) is 0 Å². The summed E-state index contributed by atoms with van der Waals surface area (Å²) in [6.07, 6.45) is 0. The maximum atomic E-state index is 6.20. The first kappa shape index (κ1) is 15.8. The number of furan rings is 1. The molecule has 7 rings (SSSR count). The molecular formula is C28H16O2. The van der Waals surface area contributed by atoms with Crippen LogP contribution in [0.2, 0.25) is 0 Å². The second-order valence-electron chi connectivity index (χ2n) is 7.75. The maximum Gasteiger partial charge on any atom is 0.136 e. The van der Waals surface area contributed by atoms with Crippen molar-refractivity contribution in [3.8, 4) is 33.8 Å². The molecule has 0 bridgehead atoms. The Balaban J connectivity index is 1.61. The Morgan fingerprint density at radius 3 is 2.27 bits per heavy atom. The van der Waals surface area contributed by atoms with Gasteiger partial charge in [0.1, 0.15) is 22.7 Å². The highest BCUT2D eigenvalue weighted by atomic mass is 16.5. The van der Waals surface area contributed by atoms with Gasteiger partial charge in [0.25, 0.3) is 0 Å². The van der Waals surface area contributed by atoms with Crippen molar-refractivity contribution in [2.45, 2.75) is 0 Å². The molecule has 1 aliphatic rings. The molecule has 0 radical (unpaired) electrons. The average molecular weight is 384 g/mol. The lowest BCUT2D eigenvalue weighted by Gasteiger charge is -2.22. The Morgan fingerprint density at radius 1 is 0.500 bits per heavy atom. The summed E-state index contributed by atoms with van der Waals surface area (Å²) < 4.78 is 12.3. The number of rotatable bonds is 1. The first-order valence-corrected chi connectivity index (χ1v) is 10.1. The highest BCUT2D eigenvalue weighted by molar-refractivity contribution is 6.14. The third-order valence-corrected chi connectivity index (χ3v) is 6.05. The van der Waals surface area contributed by atoms with Crippen LogP contribution >= 0.6 is 0 Å². The zero-order valence-electron chi connectivity index (χ0n) is 16.1. The fourth-order valence-electron chi connectivity index (χ4n) is 4.76. The number of hydrogen-bond acceptors (Lipinski definition) is 2. The highest BCUT2D eigenvalue weighted by Crippen LogP contribution is 2.48. The van der Waals surface area contributed by atoms with E-state index in [0.717, 1.165) is 39.0 Å². The van der Waals surface area contributed by atoms with Crippen LogP contribution in [0.15, 0.2) is 101 Å². The molecule has 2 heteroatoms. The Morgan fingerprint density at radius 2 is 1.27 bits per heavy atom. The van der Waals surface area contributed by atoms with Crippen molar-refractivity contribution in [3.05, 3.63) is 97.1 Å². The molecular weight excluding hydrogens is 368 g/mol. The van der Waals surface area contributed by atoms with Gasteiger partial charge in [-0.15, -0.1) is 0 Å². The van der Waals surface area contributed by atoms with Gasteiger partial charge in [-0.05, 0) is 58.5 Å². The van der Waals surface area contributed by atoms with E-state index in [1.54, 1.807) is 0 Å². The molecule has 0 amide bonds. The molecule has 0 atom stereocenters. The van der Waals surface area contributed by atoms with E-state index in [-0.39, 0.29) is 0 Å². The summed E-state index contributed by atoms with van der Waals surface area (Å²) in [5, 5.41) is 4.66. The van der Waals surface area contributed by atoms with Crippen LogP contribution in [-0.2, 0) is 0 Å². The number of fused-ring (bicyclic) bond motifs is 5. The minimum atomic E-state index is 0.904. The molecule has 5 aromatic carbocycles. The van der Waals surface area contributed by atoms with Gasteiger partial charge >= 0.3 is 0 Å². The predicted octanol–water partition coefficient (Wildman–Crippen LogP) is 8.18. The smallest absolute Gasteiger partial charge is 0.136 e. The van der Waals surface area contributed by atoms with Crippen molar-refractivity contribution in [2.75, 3.05) is 0 Å². The summed E-state index contributed by atoms with van der Waals surface area (Å²) in [6.45, 7) is 0. The number of para-hydroxylation sites is 2. The molecule has 0 N–H and O–H groups in total. The minimum absolute atomic E-state index is 0.904. The molecule has 0 spiro atoms. The lowest BCUT2D eigenvalue weighted by Crippen LogP contribution is -1.97. The van der Waals surface area contributed by atoms with Gasteiger partial charge in [0.2, 0.25) is 0 Å². The van der Waals surface area contributed by atoms with Crippen LogP contribution in [0.1, 0.15) is 0 Å². The largest absolute Gasteiger partial charge is 0.456 e. The highest BCUT2D eigenvalue weighted by Gasteiger charge is 2.21. The van der Waals surface area contributed by atoms with Crippen molar-refractivity contribution >= 4 is 32.7 Å².